The number of carbonyl (C=O) groups is 2. The highest BCUT2D eigenvalue weighted by atomic mass is 16.4. The standard InChI is InChI=1S/C14H26N2O3/c1-5-14(8-6-9-14)15-12(19)16(13(2,3)4)10-7-11(17)18/h5-10H2,1-4H3,(H,15,19)(H,17,18). The number of nitrogens with one attached hydrogen (secondary N) is 1. The highest BCUT2D eigenvalue weighted by Gasteiger charge is 2.39. The van der Waals surface area contributed by atoms with Crippen LogP contribution in [0.1, 0.15) is 59.8 Å². The van der Waals surface area contributed by atoms with Crippen LogP contribution in [0.15, 0.2) is 0 Å². The Bertz CT molecular complexity index is 338. The lowest BCUT2D eigenvalue weighted by Gasteiger charge is -2.45. The third-order valence-electron chi connectivity index (χ3n) is 3.96. The monoisotopic (exact) mass is 270 g/mol. The minimum absolute atomic E-state index is 0.0240. The van der Waals surface area contributed by atoms with Crippen LogP contribution in [0.2, 0.25) is 0 Å². The summed E-state index contributed by atoms with van der Waals surface area (Å²) in [6.07, 6.45) is 4.09. The van der Waals surface area contributed by atoms with Crippen molar-refractivity contribution in [1.82, 2.24) is 10.2 Å². The van der Waals surface area contributed by atoms with E-state index in [0.717, 1.165) is 25.7 Å². The molecule has 0 aliphatic heterocycles. The van der Waals surface area contributed by atoms with Gasteiger partial charge in [-0.2, -0.15) is 0 Å². The van der Waals surface area contributed by atoms with E-state index in [9.17, 15) is 9.59 Å². The molecule has 5 heteroatoms. The number of nitrogens with zero attached hydrogens (tertiary/aromatic N) is 1. The van der Waals surface area contributed by atoms with Gasteiger partial charge in [-0.25, -0.2) is 4.79 Å². The number of hydrogen-bond acceptors (Lipinski definition) is 2. The molecule has 0 saturated heterocycles. The SMILES string of the molecule is CCC1(NC(=O)N(CCC(=O)O)C(C)(C)C)CCC1. The van der Waals surface area contributed by atoms with Gasteiger partial charge in [0, 0.05) is 17.6 Å². The third-order valence-corrected chi connectivity index (χ3v) is 3.96. The predicted octanol–water partition coefficient (Wildman–Crippen LogP) is 2.60. The molecule has 2 amide bonds. The molecule has 0 radical (unpaired) electrons. The summed E-state index contributed by atoms with van der Waals surface area (Å²) in [5, 5.41) is 11.9. The Balaban J connectivity index is 2.68. The molecule has 1 aliphatic carbocycles. The smallest absolute Gasteiger partial charge is 0.318 e. The zero-order chi connectivity index (χ0) is 14.7. The first-order valence-corrected chi connectivity index (χ1v) is 7.02. The maximum atomic E-state index is 12.4. The van der Waals surface area contributed by atoms with Crippen LogP contribution >= 0.6 is 0 Å². The number of carboxylic acid groups (broad SMARTS) is 1. The molecule has 0 aromatic carbocycles. The van der Waals surface area contributed by atoms with Crippen LogP contribution in [0.25, 0.3) is 0 Å². The van der Waals surface area contributed by atoms with Gasteiger partial charge >= 0.3 is 12.0 Å². The Kier molecular flexibility index (Phi) is 4.82. The molecular weight excluding hydrogens is 244 g/mol. The zero-order valence-electron chi connectivity index (χ0n) is 12.5. The highest BCUT2D eigenvalue weighted by molar-refractivity contribution is 5.77. The Labute approximate surface area is 115 Å². The molecule has 1 fully saturated rings. The second-order valence-corrected chi connectivity index (χ2v) is 6.38. The van der Waals surface area contributed by atoms with E-state index in [-0.39, 0.29) is 30.1 Å². The highest BCUT2D eigenvalue weighted by Crippen LogP contribution is 2.35. The van der Waals surface area contributed by atoms with E-state index < -0.39 is 5.97 Å². The first-order chi connectivity index (χ1) is 8.70. The fraction of sp³-hybridized carbons (Fsp3) is 0.857. The van der Waals surface area contributed by atoms with Gasteiger partial charge in [-0.15, -0.1) is 0 Å². The van der Waals surface area contributed by atoms with E-state index in [1.807, 2.05) is 20.8 Å². The number of hydrogen-bond donors (Lipinski definition) is 2. The van der Waals surface area contributed by atoms with Crippen LogP contribution in [0.3, 0.4) is 0 Å². The Morgan fingerprint density at radius 1 is 1.32 bits per heavy atom. The van der Waals surface area contributed by atoms with Crippen molar-refractivity contribution in [2.24, 2.45) is 0 Å². The quantitative estimate of drug-likeness (QED) is 0.806. The molecule has 1 saturated carbocycles. The number of urea groups is 1. The van der Waals surface area contributed by atoms with Crippen LogP contribution < -0.4 is 5.32 Å². The number of amides is 2. The second kappa shape index (κ2) is 5.80. The lowest BCUT2D eigenvalue weighted by Crippen LogP contribution is -2.60. The van der Waals surface area contributed by atoms with Crippen LogP contribution in [0, 0.1) is 0 Å². The van der Waals surface area contributed by atoms with Gasteiger partial charge in [0.1, 0.15) is 0 Å². The fourth-order valence-electron chi connectivity index (χ4n) is 2.41. The summed E-state index contributed by atoms with van der Waals surface area (Å²) in [5.74, 6) is -0.879. The molecule has 0 unspecified atom stereocenters. The third kappa shape index (κ3) is 4.11. The molecule has 19 heavy (non-hydrogen) atoms. The molecule has 0 aromatic heterocycles. The van der Waals surface area contributed by atoms with Gasteiger partial charge in [-0.3, -0.25) is 4.79 Å². The molecule has 1 rings (SSSR count). The zero-order valence-corrected chi connectivity index (χ0v) is 12.5. The minimum Gasteiger partial charge on any atom is -0.481 e. The summed E-state index contributed by atoms with van der Waals surface area (Å²) in [6, 6.07) is -0.143. The van der Waals surface area contributed by atoms with E-state index >= 15 is 0 Å². The van der Waals surface area contributed by atoms with Crippen LogP contribution in [-0.4, -0.2) is 39.6 Å². The normalized spacial score (nSPS) is 17.5. The molecule has 0 spiro atoms. The number of carbonyl (C=O) groups excluding carboxylic acids is 1. The van der Waals surface area contributed by atoms with Gasteiger partial charge < -0.3 is 15.3 Å². The summed E-state index contributed by atoms with van der Waals surface area (Å²) < 4.78 is 0. The summed E-state index contributed by atoms with van der Waals surface area (Å²) in [5.41, 5.74) is -0.442. The van der Waals surface area contributed by atoms with E-state index in [2.05, 4.69) is 12.2 Å². The first-order valence-electron chi connectivity index (χ1n) is 7.02. The van der Waals surface area contributed by atoms with Crippen LogP contribution in [-0.2, 0) is 4.79 Å². The number of rotatable bonds is 5. The summed E-state index contributed by atoms with van der Waals surface area (Å²) in [4.78, 5) is 24.7. The van der Waals surface area contributed by atoms with E-state index in [1.54, 1.807) is 4.90 Å². The molecule has 110 valence electrons. The van der Waals surface area contributed by atoms with E-state index in [4.69, 9.17) is 5.11 Å². The average Bonchev–Trinajstić information content (AvgIpc) is 2.21. The Morgan fingerprint density at radius 3 is 2.21 bits per heavy atom. The molecule has 0 heterocycles. The molecule has 2 N–H and O–H groups in total. The van der Waals surface area contributed by atoms with Crippen molar-refractivity contribution < 1.29 is 14.7 Å². The van der Waals surface area contributed by atoms with Crippen molar-refractivity contribution >= 4 is 12.0 Å². The van der Waals surface area contributed by atoms with Crippen molar-refractivity contribution in [3.63, 3.8) is 0 Å². The maximum absolute atomic E-state index is 12.4. The van der Waals surface area contributed by atoms with Crippen molar-refractivity contribution in [3.8, 4) is 0 Å². The van der Waals surface area contributed by atoms with Crippen molar-refractivity contribution in [3.05, 3.63) is 0 Å². The molecule has 0 aromatic rings. The largest absolute Gasteiger partial charge is 0.481 e. The van der Waals surface area contributed by atoms with Crippen molar-refractivity contribution in [2.75, 3.05) is 6.54 Å². The lowest BCUT2D eigenvalue weighted by atomic mass is 9.75. The van der Waals surface area contributed by atoms with Crippen molar-refractivity contribution in [1.29, 1.82) is 0 Å². The van der Waals surface area contributed by atoms with Gasteiger partial charge in [-0.1, -0.05) is 6.92 Å². The van der Waals surface area contributed by atoms with Gasteiger partial charge in [0.05, 0.1) is 6.42 Å². The topological polar surface area (TPSA) is 69.6 Å². The Morgan fingerprint density at radius 2 is 1.89 bits per heavy atom. The van der Waals surface area contributed by atoms with Gasteiger partial charge in [0.25, 0.3) is 0 Å². The Hall–Kier alpha value is -1.26. The fourth-order valence-corrected chi connectivity index (χ4v) is 2.41. The average molecular weight is 270 g/mol. The molecule has 1 aliphatic rings. The summed E-state index contributed by atoms with van der Waals surface area (Å²) in [7, 11) is 0. The number of carboxylic acids is 1. The molecule has 5 nitrogen and oxygen atoms in total. The lowest BCUT2D eigenvalue weighted by molar-refractivity contribution is -0.137. The van der Waals surface area contributed by atoms with Gasteiger partial charge in [0.15, 0.2) is 0 Å². The second-order valence-electron chi connectivity index (χ2n) is 6.38. The van der Waals surface area contributed by atoms with Gasteiger partial charge in [0.2, 0.25) is 0 Å². The van der Waals surface area contributed by atoms with Crippen molar-refractivity contribution in [2.45, 2.75) is 70.9 Å². The van der Waals surface area contributed by atoms with E-state index in [0.29, 0.717) is 0 Å². The number of aliphatic carboxylic acids is 1. The first kappa shape index (κ1) is 15.8. The summed E-state index contributed by atoms with van der Waals surface area (Å²) >= 11 is 0. The van der Waals surface area contributed by atoms with Gasteiger partial charge in [-0.05, 0) is 46.5 Å². The molecule has 0 atom stereocenters. The maximum Gasteiger partial charge on any atom is 0.318 e. The predicted molar refractivity (Wildman–Crippen MR) is 74.1 cm³/mol. The molecule has 0 bridgehead atoms. The van der Waals surface area contributed by atoms with Crippen LogP contribution in [0.5, 0.6) is 0 Å². The minimum atomic E-state index is -0.879. The summed E-state index contributed by atoms with van der Waals surface area (Å²) in [6.45, 7) is 8.10. The van der Waals surface area contributed by atoms with E-state index in [1.165, 1.54) is 0 Å². The van der Waals surface area contributed by atoms with Crippen LogP contribution in [0.4, 0.5) is 4.79 Å². The molecular formula is C14H26N2O3.